The summed E-state index contributed by atoms with van der Waals surface area (Å²) in [5, 5.41) is 2.46. The van der Waals surface area contributed by atoms with E-state index in [4.69, 9.17) is 0 Å². The smallest absolute Gasteiger partial charge is 0.422 e. The summed E-state index contributed by atoms with van der Waals surface area (Å²) in [5.74, 6) is -1.26. The fourth-order valence-electron chi connectivity index (χ4n) is 2.91. The number of para-hydroxylation sites is 1. The number of benzene rings is 1. The molecule has 0 aliphatic carbocycles. The molecule has 6 nitrogen and oxygen atoms in total. The molecule has 0 fully saturated rings. The van der Waals surface area contributed by atoms with Crippen molar-refractivity contribution >= 4 is 17.5 Å². The normalized spacial score (nSPS) is 13.6. The maximum atomic E-state index is 12.5. The Labute approximate surface area is 159 Å². The molecule has 1 aromatic carbocycles. The summed E-state index contributed by atoms with van der Waals surface area (Å²) >= 11 is 0. The first-order valence-corrected chi connectivity index (χ1v) is 8.66. The van der Waals surface area contributed by atoms with Crippen molar-refractivity contribution in [3.05, 3.63) is 53.7 Å². The number of halogens is 3. The van der Waals surface area contributed by atoms with E-state index < -0.39 is 18.7 Å². The van der Waals surface area contributed by atoms with Gasteiger partial charge in [0.2, 0.25) is 11.8 Å². The number of nitrogens with zero attached hydrogens (tertiary/aromatic N) is 2. The molecule has 9 heteroatoms. The number of nitrogens with one attached hydrogen (secondary N) is 1. The van der Waals surface area contributed by atoms with Gasteiger partial charge in [-0.05, 0) is 30.5 Å². The Morgan fingerprint density at radius 3 is 2.71 bits per heavy atom. The molecule has 0 unspecified atom stereocenters. The molecule has 2 amide bonds. The van der Waals surface area contributed by atoms with E-state index in [1.54, 1.807) is 4.90 Å². The Bertz CT molecular complexity index is 871. The molecule has 0 atom stereocenters. The van der Waals surface area contributed by atoms with E-state index in [0.29, 0.717) is 6.54 Å². The van der Waals surface area contributed by atoms with Crippen LogP contribution in [-0.4, -0.2) is 42.7 Å². The van der Waals surface area contributed by atoms with Crippen LogP contribution in [0, 0.1) is 0 Å². The summed E-state index contributed by atoms with van der Waals surface area (Å²) in [4.78, 5) is 30.1. The third kappa shape index (κ3) is 4.99. The van der Waals surface area contributed by atoms with Gasteiger partial charge in [-0.2, -0.15) is 13.2 Å². The Morgan fingerprint density at radius 2 is 1.93 bits per heavy atom. The highest BCUT2D eigenvalue weighted by atomic mass is 19.4. The van der Waals surface area contributed by atoms with Gasteiger partial charge in [0.25, 0.3) is 5.91 Å². The van der Waals surface area contributed by atoms with Crippen molar-refractivity contribution in [3.8, 4) is 5.88 Å². The molecule has 2 aromatic rings. The van der Waals surface area contributed by atoms with Crippen LogP contribution in [-0.2, 0) is 11.2 Å². The van der Waals surface area contributed by atoms with Gasteiger partial charge in [0.05, 0.1) is 6.54 Å². The van der Waals surface area contributed by atoms with Gasteiger partial charge in [0.1, 0.15) is 5.69 Å². The molecule has 1 N–H and O–H groups in total. The van der Waals surface area contributed by atoms with Crippen molar-refractivity contribution in [1.82, 2.24) is 10.3 Å². The summed E-state index contributed by atoms with van der Waals surface area (Å²) < 4.78 is 41.2. The number of hydrogen-bond acceptors (Lipinski definition) is 4. The Morgan fingerprint density at radius 1 is 1.14 bits per heavy atom. The number of hydrogen-bond donors (Lipinski definition) is 1. The zero-order chi connectivity index (χ0) is 20.1. The van der Waals surface area contributed by atoms with E-state index in [9.17, 15) is 22.8 Å². The summed E-state index contributed by atoms with van der Waals surface area (Å²) in [6.07, 6.45) is -2.78. The molecule has 2 heterocycles. The van der Waals surface area contributed by atoms with Gasteiger partial charge in [0.15, 0.2) is 6.61 Å². The molecule has 1 aliphatic rings. The van der Waals surface area contributed by atoms with Crippen molar-refractivity contribution in [2.75, 3.05) is 24.6 Å². The predicted molar refractivity (Wildman–Crippen MR) is 95.2 cm³/mol. The van der Waals surface area contributed by atoms with Crippen LogP contribution in [0.4, 0.5) is 18.9 Å². The molecule has 0 saturated carbocycles. The number of aromatic nitrogens is 1. The number of amides is 2. The Hall–Kier alpha value is -3.10. The molecule has 0 radical (unpaired) electrons. The van der Waals surface area contributed by atoms with Gasteiger partial charge in [-0.3, -0.25) is 9.59 Å². The lowest BCUT2D eigenvalue weighted by Gasteiger charge is -2.29. The average molecular weight is 393 g/mol. The lowest BCUT2D eigenvalue weighted by atomic mass is 10.0. The van der Waals surface area contributed by atoms with Crippen molar-refractivity contribution in [2.24, 2.45) is 0 Å². The van der Waals surface area contributed by atoms with Crippen LogP contribution < -0.4 is 15.0 Å². The van der Waals surface area contributed by atoms with Gasteiger partial charge >= 0.3 is 6.18 Å². The largest absolute Gasteiger partial charge is 0.468 e. The highest BCUT2D eigenvalue weighted by Gasteiger charge is 2.29. The number of aryl methyl sites for hydroxylation is 1. The lowest BCUT2D eigenvalue weighted by Crippen LogP contribution is -2.42. The molecule has 1 aromatic heterocycles. The SMILES string of the molecule is O=C(NCC(=O)N1CCCc2ccccc21)c1cccc(OCC(F)(F)F)n1. The molecular weight excluding hydrogens is 375 g/mol. The lowest BCUT2D eigenvalue weighted by molar-refractivity contribution is -0.154. The zero-order valence-electron chi connectivity index (χ0n) is 14.8. The molecular formula is C19H18F3N3O3. The minimum Gasteiger partial charge on any atom is -0.468 e. The van der Waals surface area contributed by atoms with E-state index in [1.165, 1.54) is 18.2 Å². The second-order valence-electron chi connectivity index (χ2n) is 6.23. The molecule has 0 spiro atoms. The van der Waals surface area contributed by atoms with Gasteiger partial charge in [-0.25, -0.2) is 4.98 Å². The summed E-state index contributed by atoms with van der Waals surface area (Å²) in [6.45, 7) is -1.19. The molecule has 148 valence electrons. The van der Waals surface area contributed by atoms with Gasteiger partial charge in [-0.15, -0.1) is 0 Å². The topological polar surface area (TPSA) is 71.5 Å². The van der Waals surface area contributed by atoms with Gasteiger partial charge in [0, 0.05) is 18.3 Å². The molecule has 0 bridgehead atoms. The van der Waals surface area contributed by atoms with E-state index in [0.717, 1.165) is 24.1 Å². The summed E-state index contributed by atoms with van der Waals surface area (Å²) in [6, 6.07) is 11.5. The Kier molecular flexibility index (Phi) is 5.81. The van der Waals surface area contributed by atoms with Gasteiger partial charge in [-0.1, -0.05) is 24.3 Å². The number of carbonyl (C=O) groups excluding carboxylic acids is 2. The third-order valence-corrected chi connectivity index (χ3v) is 4.15. The standard InChI is InChI=1S/C19H18F3N3O3/c20-19(21,22)12-28-16-9-3-7-14(24-16)18(27)23-11-17(26)25-10-4-6-13-5-1-2-8-15(13)25/h1-3,5,7-9H,4,6,10-12H2,(H,23,27). The van der Waals surface area contributed by atoms with Crippen LogP contribution in [0.1, 0.15) is 22.5 Å². The van der Waals surface area contributed by atoms with Crippen molar-refractivity contribution in [2.45, 2.75) is 19.0 Å². The highest BCUT2D eigenvalue weighted by molar-refractivity contribution is 6.00. The monoisotopic (exact) mass is 393 g/mol. The van der Waals surface area contributed by atoms with Crippen molar-refractivity contribution in [1.29, 1.82) is 0 Å². The minimum atomic E-state index is -4.50. The number of fused-ring (bicyclic) bond motifs is 1. The predicted octanol–water partition coefficient (Wildman–Crippen LogP) is 2.73. The van der Waals surface area contributed by atoms with Crippen LogP contribution in [0.2, 0.25) is 0 Å². The number of carbonyl (C=O) groups is 2. The van der Waals surface area contributed by atoms with E-state index in [1.807, 2.05) is 24.3 Å². The number of ether oxygens (including phenoxy) is 1. The molecule has 0 saturated heterocycles. The fourth-order valence-corrected chi connectivity index (χ4v) is 2.91. The first-order chi connectivity index (χ1) is 13.3. The van der Waals surface area contributed by atoms with Crippen molar-refractivity contribution in [3.63, 3.8) is 0 Å². The van der Waals surface area contributed by atoms with E-state index in [2.05, 4.69) is 15.0 Å². The minimum absolute atomic E-state index is 0.133. The van der Waals surface area contributed by atoms with Crippen LogP contribution >= 0.6 is 0 Å². The first-order valence-electron chi connectivity index (χ1n) is 8.66. The Balaban J connectivity index is 1.59. The van der Waals surface area contributed by atoms with Crippen LogP contribution in [0.3, 0.4) is 0 Å². The van der Waals surface area contributed by atoms with E-state index >= 15 is 0 Å². The maximum absolute atomic E-state index is 12.5. The second-order valence-corrected chi connectivity index (χ2v) is 6.23. The van der Waals surface area contributed by atoms with Crippen molar-refractivity contribution < 1.29 is 27.5 Å². The van der Waals surface area contributed by atoms with E-state index in [-0.39, 0.29) is 24.0 Å². The maximum Gasteiger partial charge on any atom is 0.422 e. The fraction of sp³-hybridized carbons (Fsp3) is 0.316. The number of alkyl halides is 3. The molecule has 28 heavy (non-hydrogen) atoms. The van der Waals surface area contributed by atoms with Gasteiger partial charge < -0.3 is 15.0 Å². The third-order valence-electron chi connectivity index (χ3n) is 4.15. The first kappa shape index (κ1) is 19.7. The number of rotatable bonds is 5. The highest BCUT2D eigenvalue weighted by Crippen LogP contribution is 2.26. The summed E-state index contributed by atoms with van der Waals surface area (Å²) in [5.41, 5.74) is 1.77. The van der Waals surface area contributed by atoms with Crippen LogP contribution in [0.5, 0.6) is 5.88 Å². The van der Waals surface area contributed by atoms with Crippen LogP contribution in [0.25, 0.3) is 0 Å². The second kappa shape index (κ2) is 8.28. The number of anilines is 1. The average Bonchev–Trinajstić information content (AvgIpc) is 2.69. The molecule has 1 aliphatic heterocycles. The zero-order valence-corrected chi connectivity index (χ0v) is 14.8. The quantitative estimate of drug-likeness (QED) is 0.848. The van der Waals surface area contributed by atoms with Crippen LogP contribution in [0.15, 0.2) is 42.5 Å². The number of pyridine rings is 1. The molecule has 3 rings (SSSR count). The summed E-state index contributed by atoms with van der Waals surface area (Å²) in [7, 11) is 0.